The smallest absolute Gasteiger partial charge is 0.339 e. The van der Waals surface area contributed by atoms with E-state index in [0.717, 1.165) is 24.0 Å². The largest absolute Gasteiger partial charge is 0.493 e. The molecule has 0 spiro atoms. The molecule has 0 aliphatic carbocycles. The van der Waals surface area contributed by atoms with Crippen molar-refractivity contribution in [1.29, 1.82) is 0 Å². The molecule has 1 heterocycles. The first-order valence-corrected chi connectivity index (χ1v) is 19.6. The maximum Gasteiger partial charge on any atom is 0.339 e. The Bertz CT molecular complexity index is 997. The molecule has 258 valence electrons. The molecular weight excluding hydrogens is 556 g/mol. The molecule has 2 aromatic rings. The minimum absolute atomic E-state index is 0.373. The lowest BCUT2D eigenvalue weighted by molar-refractivity contribution is 0.295. The van der Waals surface area contributed by atoms with Gasteiger partial charge in [0.25, 0.3) is 0 Å². The van der Waals surface area contributed by atoms with E-state index in [9.17, 15) is 4.79 Å². The second kappa shape index (κ2) is 28.3. The van der Waals surface area contributed by atoms with E-state index in [-0.39, 0.29) is 5.63 Å². The lowest BCUT2D eigenvalue weighted by Crippen LogP contribution is -2.05. The minimum Gasteiger partial charge on any atom is -0.493 e. The summed E-state index contributed by atoms with van der Waals surface area (Å²) in [5.74, 6) is 1.34. The molecule has 0 fully saturated rings. The highest BCUT2D eigenvalue weighted by atomic mass is 16.5. The highest BCUT2D eigenvalue weighted by Crippen LogP contribution is 2.33. The average Bonchev–Trinajstić information content (AvgIpc) is 3.04. The molecule has 0 unspecified atom stereocenters. The predicted molar refractivity (Wildman–Crippen MR) is 194 cm³/mol. The van der Waals surface area contributed by atoms with Crippen LogP contribution in [0, 0.1) is 0 Å². The number of benzene rings is 1. The van der Waals surface area contributed by atoms with Crippen molar-refractivity contribution >= 4 is 11.0 Å². The van der Waals surface area contributed by atoms with Crippen LogP contribution in [0.3, 0.4) is 0 Å². The van der Waals surface area contributed by atoms with Gasteiger partial charge in [-0.15, -0.1) is 0 Å². The maximum absolute atomic E-state index is 12.2. The molecule has 0 atom stereocenters. The Morgan fingerprint density at radius 1 is 0.467 bits per heavy atom. The molecule has 4 heteroatoms. The van der Waals surface area contributed by atoms with E-state index in [0.29, 0.717) is 24.5 Å². The highest BCUT2D eigenvalue weighted by Gasteiger charge is 2.13. The van der Waals surface area contributed by atoms with Gasteiger partial charge in [0.2, 0.25) is 0 Å². The fourth-order valence-corrected chi connectivity index (χ4v) is 6.35. The van der Waals surface area contributed by atoms with Crippen LogP contribution in [0.1, 0.15) is 194 Å². The van der Waals surface area contributed by atoms with Crippen LogP contribution in [0.2, 0.25) is 0 Å². The van der Waals surface area contributed by atoms with Crippen molar-refractivity contribution in [3.63, 3.8) is 0 Å². The van der Waals surface area contributed by atoms with Gasteiger partial charge >= 0.3 is 5.63 Å². The van der Waals surface area contributed by atoms with E-state index < -0.39 is 0 Å². The van der Waals surface area contributed by atoms with Crippen molar-refractivity contribution in [2.75, 3.05) is 13.2 Å². The van der Waals surface area contributed by atoms with E-state index in [2.05, 4.69) is 13.8 Å². The van der Waals surface area contributed by atoms with Crippen LogP contribution < -0.4 is 15.1 Å². The van der Waals surface area contributed by atoms with Gasteiger partial charge in [0, 0.05) is 0 Å². The van der Waals surface area contributed by atoms with E-state index >= 15 is 0 Å². The summed E-state index contributed by atoms with van der Waals surface area (Å²) in [5.41, 5.74) is 0.166. The Morgan fingerprint density at radius 3 is 1.22 bits per heavy atom. The van der Waals surface area contributed by atoms with Gasteiger partial charge in [-0.05, 0) is 25.0 Å². The summed E-state index contributed by atoms with van der Waals surface area (Å²) in [7, 11) is 0. The normalized spacial score (nSPS) is 11.4. The Morgan fingerprint density at radius 2 is 0.822 bits per heavy atom. The monoisotopic (exact) mass is 627 g/mol. The predicted octanol–water partition coefficient (Wildman–Crippen LogP) is 13.5. The van der Waals surface area contributed by atoms with Crippen molar-refractivity contribution in [2.45, 2.75) is 194 Å². The molecule has 0 N–H and O–H groups in total. The van der Waals surface area contributed by atoms with Crippen LogP contribution in [-0.2, 0) is 0 Å². The molecule has 0 aliphatic rings. The van der Waals surface area contributed by atoms with Gasteiger partial charge in [-0.1, -0.05) is 187 Å². The Kier molecular flexibility index (Phi) is 24.6. The summed E-state index contributed by atoms with van der Waals surface area (Å²) in [6.07, 6.45) is 37.5. The number of rotatable bonds is 32. The van der Waals surface area contributed by atoms with Crippen LogP contribution >= 0.6 is 0 Å². The topological polar surface area (TPSA) is 48.7 Å². The Hall–Kier alpha value is -1.97. The molecule has 0 saturated carbocycles. The van der Waals surface area contributed by atoms with Gasteiger partial charge in [0.1, 0.15) is 22.5 Å². The number of hydrogen-bond acceptors (Lipinski definition) is 4. The van der Waals surface area contributed by atoms with Crippen LogP contribution in [-0.4, -0.2) is 13.2 Å². The van der Waals surface area contributed by atoms with Gasteiger partial charge in [-0.25, -0.2) is 4.79 Å². The van der Waals surface area contributed by atoms with Gasteiger partial charge in [-0.2, -0.15) is 0 Å². The van der Waals surface area contributed by atoms with Gasteiger partial charge in [0.05, 0.1) is 19.3 Å². The van der Waals surface area contributed by atoms with Crippen LogP contribution in [0.25, 0.3) is 11.0 Å². The quantitative estimate of drug-likeness (QED) is 0.0599. The third-order valence-electron chi connectivity index (χ3n) is 9.20. The van der Waals surface area contributed by atoms with Gasteiger partial charge in [0.15, 0.2) is 0 Å². The lowest BCUT2D eigenvalue weighted by Gasteiger charge is -2.13. The fourth-order valence-electron chi connectivity index (χ4n) is 6.35. The number of unbranched alkanes of at least 4 members (excludes halogenated alkanes) is 26. The molecule has 0 bridgehead atoms. The van der Waals surface area contributed by atoms with Crippen LogP contribution in [0.4, 0.5) is 0 Å². The molecule has 2 rings (SSSR count). The third-order valence-corrected chi connectivity index (χ3v) is 9.20. The van der Waals surface area contributed by atoms with Crippen molar-refractivity contribution in [3.8, 4) is 11.5 Å². The van der Waals surface area contributed by atoms with Crippen molar-refractivity contribution < 1.29 is 13.9 Å². The van der Waals surface area contributed by atoms with Crippen LogP contribution in [0.5, 0.6) is 11.5 Å². The lowest BCUT2D eigenvalue weighted by atomic mass is 10.0. The number of hydrogen-bond donors (Lipinski definition) is 0. The second-order valence-corrected chi connectivity index (χ2v) is 13.4. The molecule has 45 heavy (non-hydrogen) atoms. The van der Waals surface area contributed by atoms with Crippen LogP contribution in [0.15, 0.2) is 33.5 Å². The summed E-state index contributed by atoms with van der Waals surface area (Å²) in [5, 5.41) is 0.785. The summed E-state index contributed by atoms with van der Waals surface area (Å²) in [6.45, 7) is 5.86. The summed E-state index contributed by atoms with van der Waals surface area (Å²) in [6, 6.07) is 7.16. The Balaban J connectivity index is 1.55. The molecule has 0 saturated heterocycles. The zero-order valence-corrected chi connectivity index (χ0v) is 29.7. The average molecular weight is 627 g/mol. The van der Waals surface area contributed by atoms with Crippen molar-refractivity contribution in [3.05, 3.63) is 34.7 Å². The summed E-state index contributed by atoms with van der Waals surface area (Å²) >= 11 is 0. The number of fused-ring (bicyclic) bond motifs is 1. The van der Waals surface area contributed by atoms with Crippen molar-refractivity contribution in [1.82, 2.24) is 0 Å². The molecule has 4 nitrogen and oxygen atoms in total. The zero-order valence-electron chi connectivity index (χ0n) is 29.7. The summed E-state index contributed by atoms with van der Waals surface area (Å²) in [4.78, 5) is 12.2. The van der Waals surface area contributed by atoms with Crippen molar-refractivity contribution in [2.24, 2.45) is 0 Å². The zero-order chi connectivity index (χ0) is 32.0. The highest BCUT2D eigenvalue weighted by molar-refractivity contribution is 5.89. The molecule has 1 aromatic carbocycles. The molecule has 1 aromatic heterocycles. The minimum atomic E-state index is -0.373. The first kappa shape index (κ1) is 39.2. The maximum atomic E-state index is 12.2. The first-order chi connectivity index (χ1) is 22.3. The number of ether oxygens (including phenoxy) is 2. The van der Waals surface area contributed by atoms with E-state index in [1.807, 2.05) is 18.2 Å². The SMILES string of the molecule is CCCCCCCCCCCCCCCCOc1cccc2oc(=O)cc(OCCCCCCCCCCCCCCCC)c12. The van der Waals surface area contributed by atoms with Gasteiger partial charge < -0.3 is 13.9 Å². The first-order valence-electron chi connectivity index (χ1n) is 19.6. The van der Waals surface area contributed by atoms with E-state index in [1.54, 1.807) is 0 Å². The second-order valence-electron chi connectivity index (χ2n) is 13.4. The standard InChI is InChI=1S/C41H70O4/c1-3-5-7-9-11-13-15-17-19-21-23-25-27-29-34-43-37-32-31-33-38-41(37)39(36-40(42)45-38)44-35-30-28-26-24-22-20-18-16-14-12-10-8-6-4-2/h31-33,36H,3-30,34-35H2,1-2H3. The summed E-state index contributed by atoms with van der Waals surface area (Å²) < 4.78 is 17.8. The molecular formula is C41H70O4. The molecule has 0 aliphatic heterocycles. The molecule has 0 amide bonds. The molecule has 0 radical (unpaired) electrons. The Labute approximate surface area is 277 Å². The third kappa shape index (κ3) is 20.0. The van der Waals surface area contributed by atoms with E-state index in [4.69, 9.17) is 13.9 Å². The van der Waals surface area contributed by atoms with E-state index in [1.165, 1.54) is 173 Å². The fraction of sp³-hybridized carbons (Fsp3) is 0.780. The van der Waals surface area contributed by atoms with Gasteiger partial charge in [-0.3, -0.25) is 0 Å².